The van der Waals surface area contributed by atoms with Gasteiger partial charge in [0.25, 0.3) is 0 Å². The van der Waals surface area contributed by atoms with Crippen molar-refractivity contribution in [3.8, 4) is 12.3 Å². The van der Waals surface area contributed by atoms with Gasteiger partial charge < -0.3 is 0 Å². The topological polar surface area (TPSA) is 98.5 Å². The lowest BCUT2D eigenvalue weighted by molar-refractivity contribution is 0.854. The minimum atomic E-state index is -0.102. The zero-order valence-electron chi connectivity index (χ0n) is 7.57. The zero-order valence-corrected chi connectivity index (χ0v) is 7.57. The van der Waals surface area contributed by atoms with Crippen molar-refractivity contribution in [3.63, 3.8) is 0 Å². The Labute approximate surface area is 85.8 Å². The Morgan fingerprint density at radius 3 is 2.47 bits per heavy atom. The summed E-state index contributed by atoms with van der Waals surface area (Å²) >= 11 is 0. The number of hydrogen-bond acceptors (Lipinski definition) is 4. The molecule has 0 bridgehead atoms. The number of hydrogen-bond donors (Lipinski definition) is 2. The van der Waals surface area contributed by atoms with Crippen LogP contribution in [-0.4, -0.2) is 16.6 Å². The van der Waals surface area contributed by atoms with E-state index in [1.54, 1.807) is 24.4 Å². The standard InChI is InChI=1S/C10H5N5/c11-4-6-2-1-3-7-8(6)10(14)15(5-12)9(7)13/h1-3,13-14H. The molecule has 0 atom stereocenters. The molecule has 1 heterocycles. The zero-order chi connectivity index (χ0) is 11.0. The maximum absolute atomic E-state index is 8.85. The third-order valence-electron chi connectivity index (χ3n) is 2.22. The van der Waals surface area contributed by atoms with Gasteiger partial charge in [-0.2, -0.15) is 10.5 Å². The minimum Gasteiger partial charge on any atom is -0.283 e. The highest BCUT2D eigenvalue weighted by Crippen LogP contribution is 2.24. The maximum Gasteiger partial charge on any atom is 0.191 e. The van der Waals surface area contributed by atoms with Crippen molar-refractivity contribution in [2.24, 2.45) is 0 Å². The van der Waals surface area contributed by atoms with Crippen LogP contribution in [0.5, 0.6) is 0 Å². The summed E-state index contributed by atoms with van der Waals surface area (Å²) in [5.74, 6) is -0.149. The predicted octanol–water partition coefficient (Wildman–Crippen LogP) is 1.01. The summed E-state index contributed by atoms with van der Waals surface area (Å²) in [6.45, 7) is 0. The second-order valence-electron chi connectivity index (χ2n) is 2.97. The van der Waals surface area contributed by atoms with E-state index in [-0.39, 0.29) is 11.7 Å². The maximum atomic E-state index is 8.85. The highest BCUT2D eigenvalue weighted by molar-refractivity contribution is 6.25. The second kappa shape index (κ2) is 2.93. The minimum absolute atomic E-state index is 0.0467. The van der Waals surface area contributed by atoms with Crippen LogP contribution < -0.4 is 0 Å². The van der Waals surface area contributed by atoms with E-state index in [4.69, 9.17) is 21.3 Å². The van der Waals surface area contributed by atoms with Crippen molar-refractivity contribution in [2.45, 2.75) is 0 Å². The fraction of sp³-hybridized carbons (Fsp3) is 0. The molecule has 0 radical (unpaired) electrons. The van der Waals surface area contributed by atoms with Crippen LogP contribution in [0.4, 0.5) is 0 Å². The van der Waals surface area contributed by atoms with Gasteiger partial charge in [-0.05, 0) is 6.07 Å². The summed E-state index contributed by atoms with van der Waals surface area (Å²) in [7, 11) is 0. The average molecular weight is 195 g/mol. The quantitative estimate of drug-likeness (QED) is 0.604. The number of benzene rings is 1. The molecule has 1 aromatic rings. The molecule has 5 heteroatoms. The van der Waals surface area contributed by atoms with Gasteiger partial charge in [-0.3, -0.25) is 10.8 Å². The number of fused-ring (bicyclic) bond motifs is 1. The van der Waals surface area contributed by atoms with Gasteiger partial charge in [0.15, 0.2) is 6.19 Å². The van der Waals surface area contributed by atoms with E-state index in [9.17, 15) is 0 Å². The number of nitrogens with one attached hydrogen (secondary N) is 2. The van der Waals surface area contributed by atoms with Crippen LogP contribution in [0.25, 0.3) is 0 Å². The van der Waals surface area contributed by atoms with Gasteiger partial charge in [0, 0.05) is 11.1 Å². The molecule has 2 N–H and O–H groups in total. The highest BCUT2D eigenvalue weighted by Gasteiger charge is 2.31. The van der Waals surface area contributed by atoms with Crippen LogP contribution >= 0.6 is 0 Å². The van der Waals surface area contributed by atoms with Gasteiger partial charge in [0.05, 0.1) is 11.6 Å². The average Bonchev–Trinajstić information content (AvgIpc) is 2.51. The summed E-state index contributed by atoms with van der Waals surface area (Å²) in [5.41, 5.74) is 1.15. The van der Waals surface area contributed by atoms with Crippen LogP contribution in [0.2, 0.25) is 0 Å². The molecule has 0 fully saturated rings. The Morgan fingerprint density at radius 1 is 1.13 bits per heavy atom. The van der Waals surface area contributed by atoms with Gasteiger partial charge in [-0.15, -0.1) is 0 Å². The lowest BCUT2D eigenvalue weighted by Crippen LogP contribution is -2.24. The normalized spacial score (nSPS) is 13.3. The molecule has 1 aliphatic heterocycles. The van der Waals surface area contributed by atoms with Crippen LogP contribution in [-0.2, 0) is 0 Å². The summed E-state index contributed by atoms with van der Waals surface area (Å²) in [5, 5.41) is 32.9. The predicted molar refractivity (Wildman–Crippen MR) is 52.3 cm³/mol. The summed E-state index contributed by atoms with van der Waals surface area (Å²) < 4.78 is 0. The van der Waals surface area contributed by atoms with Crippen LogP contribution in [0.15, 0.2) is 18.2 Å². The molecule has 0 saturated carbocycles. The largest absolute Gasteiger partial charge is 0.283 e. The van der Waals surface area contributed by atoms with E-state index in [0.717, 1.165) is 4.90 Å². The molecule has 0 amide bonds. The second-order valence-corrected chi connectivity index (χ2v) is 2.97. The van der Waals surface area contributed by atoms with E-state index in [1.807, 2.05) is 6.07 Å². The van der Waals surface area contributed by atoms with Gasteiger partial charge >= 0.3 is 0 Å². The van der Waals surface area contributed by atoms with Gasteiger partial charge in [-0.25, -0.2) is 4.90 Å². The molecular weight excluding hydrogens is 190 g/mol. The van der Waals surface area contributed by atoms with Crippen molar-refractivity contribution >= 4 is 11.7 Å². The molecule has 0 aliphatic carbocycles. The molecule has 1 aliphatic rings. The highest BCUT2D eigenvalue weighted by atomic mass is 15.2. The Balaban J connectivity index is 2.75. The van der Waals surface area contributed by atoms with E-state index >= 15 is 0 Å². The first kappa shape index (κ1) is 8.92. The van der Waals surface area contributed by atoms with Crippen LogP contribution in [0.1, 0.15) is 16.7 Å². The van der Waals surface area contributed by atoms with E-state index in [0.29, 0.717) is 16.7 Å². The van der Waals surface area contributed by atoms with Crippen molar-refractivity contribution in [1.29, 1.82) is 21.3 Å². The Bertz CT molecular complexity index is 558. The molecule has 5 nitrogen and oxygen atoms in total. The number of nitrogens with zero attached hydrogens (tertiary/aromatic N) is 3. The SMILES string of the molecule is N#Cc1cccc2c1C(=N)N(C#N)C2=N. The summed E-state index contributed by atoms with van der Waals surface area (Å²) in [6.07, 6.45) is 1.74. The third-order valence-corrected chi connectivity index (χ3v) is 2.22. The van der Waals surface area contributed by atoms with E-state index in [2.05, 4.69) is 0 Å². The van der Waals surface area contributed by atoms with Crippen molar-refractivity contribution < 1.29 is 0 Å². The van der Waals surface area contributed by atoms with E-state index < -0.39 is 0 Å². The Morgan fingerprint density at radius 2 is 1.87 bits per heavy atom. The smallest absolute Gasteiger partial charge is 0.191 e. The first-order chi connectivity index (χ1) is 7.20. The summed E-state index contributed by atoms with van der Waals surface area (Å²) in [4.78, 5) is 0.894. The lowest BCUT2D eigenvalue weighted by atomic mass is 10.0. The van der Waals surface area contributed by atoms with Crippen LogP contribution in [0.3, 0.4) is 0 Å². The van der Waals surface area contributed by atoms with Gasteiger partial charge in [0.2, 0.25) is 0 Å². The first-order valence-corrected chi connectivity index (χ1v) is 4.11. The molecule has 70 valence electrons. The van der Waals surface area contributed by atoms with Gasteiger partial charge in [0.1, 0.15) is 11.7 Å². The number of rotatable bonds is 0. The van der Waals surface area contributed by atoms with Gasteiger partial charge in [-0.1, -0.05) is 12.1 Å². The van der Waals surface area contributed by atoms with Crippen molar-refractivity contribution in [3.05, 3.63) is 34.9 Å². The molecule has 0 aromatic heterocycles. The molecule has 0 spiro atoms. The fourth-order valence-electron chi connectivity index (χ4n) is 1.54. The number of amidine groups is 2. The fourth-order valence-corrected chi connectivity index (χ4v) is 1.54. The Hall–Kier alpha value is -2.66. The molecule has 15 heavy (non-hydrogen) atoms. The van der Waals surface area contributed by atoms with Crippen molar-refractivity contribution in [2.75, 3.05) is 0 Å². The molecule has 2 rings (SSSR count). The monoisotopic (exact) mass is 195 g/mol. The Kier molecular flexibility index (Phi) is 1.74. The molecular formula is C10H5N5. The molecule has 0 saturated heterocycles. The van der Waals surface area contributed by atoms with Crippen LogP contribution in [0, 0.1) is 33.6 Å². The summed E-state index contributed by atoms with van der Waals surface area (Å²) in [6, 6.07) is 6.79. The van der Waals surface area contributed by atoms with E-state index in [1.165, 1.54) is 0 Å². The molecule has 1 aromatic carbocycles. The molecule has 0 unspecified atom stereocenters. The first-order valence-electron chi connectivity index (χ1n) is 4.11. The third kappa shape index (κ3) is 1.01. The van der Waals surface area contributed by atoms with Crippen molar-refractivity contribution in [1.82, 2.24) is 4.90 Å². The number of nitriles is 2. The lowest BCUT2D eigenvalue weighted by Gasteiger charge is -2.04.